The van der Waals surface area contributed by atoms with Crippen LogP contribution in [0.4, 0.5) is 14.5 Å². The first kappa shape index (κ1) is 13.4. The maximum absolute atomic E-state index is 13.1. The maximum Gasteiger partial charge on any atom is 0.248 e. The lowest BCUT2D eigenvalue weighted by Crippen LogP contribution is -2.11. The van der Waals surface area contributed by atoms with Crippen LogP contribution >= 0.6 is 11.8 Å². The van der Waals surface area contributed by atoms with E-state index >= 15 is 0 Å². The Morgan fingerprint density at radius 2 is 1.79 bits per heavy atom. The molecule has 0 aliphatic carbocycles. The second-order valence-electron chi connectivity index (χ2n) is 3.79. The molecule has 0 aliphatic heterocycles. The van der Waals surface area contributed by atoms with Gasteiger partial charge in [-0.25, -0.2) is 8.78 Å². The van der Waals surface area contributed by atoms with Crippen LogP contribution in [0.5, 0.6) is 0 Å². The molecule has 0 heterocycles. The highest BCUT2D eigenvalue weighted by Crippen LogP contribution is 2.33. The standard InChI is InChI=1S/C13H10F2N2OS/c14-9-3-2-8(6-10(9)15)19-12-5-7(13(17)18)1-4-11(12)16/h1-6H,16H2,(H2,17,18). The average Bonchev–Trinajstić information content (AvgIpc) is 2.36. The van der Waals surface area contributed by atoms with Crippen LogP contribution in [-0.4, -0.2) is 5.91 Å². The van der Waals surface area contributed by atoms with Crippen LogP contribution in [0.15, 0.2) is 46.2 Å². The minimum atomic E-state index is -0.936. The fraction of sp³-hybridized carbons (Fsp3) is 0. The van der Waals surface area contributed by atoms with Gasteiger partial charge in [-0.3, -0.25) is 4.79 Å². The Kier molecular flexibility index (Phi) is 3.71. The summed E-state index contributed by atoms with van der Waals surface area (Å²) in [6.45, 7) is 0. The van der Waals surface area contributed by atoms with Crippen molar-refractivity contribution in [2.45, 2.75) is 9.79 Å². The Balaban J connectivity index is 2.34. The summed E-state index contributed by atoms with van der Waals surface area (Å²) in [7, 11) is 0. The molecule has 0 bridgehead atoms. The van der Waals surface area contributed by atoms with E-state index in [1.807, 2.05) is 0 Å². The zero-order chi connectivity index (χ0) is 14.0. The molecule has 19 heavy (non-hydrogen) atoms. The van der Waals surface area contributed by atoms with Crippen LogP contribution in [0.1, 0.15) is 10.4 Å². The molecule has 0 atom stereocenters. The van der Waals surface area contributed by atoms with Gasteiger partial charge in [-0.05, 0) is 36.4 Å². The minimum Gasteiger partial charge on any atom is -0.398 e. The molecule has 0 saturated heterocycles. The van der Waals surface area contributed by atoms with Crippen molar-refractivity contribution in [2.24, 2.45) is 5.73 Å². The number of nitrogens with two attached hydrogens (primary N) is 2. The number of anilines is 1. The van der Waals surface area contributed by atoms with Crippen LogP contribution < -0.4 is 11.5 Å². The molecule has 0 aliphatic rings. The molecule has 0 saturated carbocycles. The number of hydrogen-bond acceptors (Lipinski definition) is 3. The predicted molar refractivity (Wildman–Crippen MR) is 69.9 cm³/mol. The second-order valence-corrected chi connectivity index (χ2v) is 4.91. The topological polar surface area (TPSA) is 69.1 Å². The van der Waals surface area contributed by atoms with Crippen LogP contribution in [-0.2, 0) is 0 Å². The van der Waals surface area contributed by atoms with Crippen LogP contribution in [0.2, 0.25) is 0 Å². The fourth-order valence-corrected chi connectivity index (χ4v) is 2.37. The highest BCUT2D eigenvalue weighted by Gasteiger charge is 2.09. The zero-order valence-corrected chi connectivity index (χ0v) is 10.5. The molecule has 98 valence electrons. The maximum atomic E-state index is 13.1. The first-order valence-corrected chi connectivity index (χ1v) is 6.11. The Morgan fingerprint density at radius 1 is 1.05 bits per heavy atom. The lowest BCUT2D eigenvalue weighted by Gasteiger charge is -2.07. The minimum absolute atomic E-state index is 0.305. The lowest BCUT2D eigenvalue weighted by molar-refractivity contribution is 0.1000. The molecular weight excluding hydrogens is 270 g/mol. The third-order valence-corrected chi connectivity index (χ3v) is 3.48. The van der Waals surface area contributed by atoms with E-state index in [1.54, 1.807) is 6.07 Å². The average molecular weight is 280 g/mol. The van der Waals surface area contributed by atoms with Gasteiger partial charge in [0.15, 0.2) is 11.6 Å². The number of carbonyl (C=O) groups excluding carboxylic acids is 1. The molecular formula is C13H10F2N2OS. The molecule has 0 radical (unpaired) electrons. The molecule has 3 nitrogen and oxygen atoms in total. The van der Waals surface area contributed by atoms with Crippen molar-refractivity contribution in [3.63, 3.8) is 0 Å². The quantitative estimate of drug-likeness (QED) is 0.849. The summed E-state index contributed by atoms with van der Waals surface area (Å²) in [6.07, 6.45) is 0. The first-order valence-electron chi connectivity index (χ1n) is 5.29. The molecule has 2 rings (SSSR count). The van der Waals surface area contributed by atoms with E-state index in [0.717, 1.165) is 23.9 Å². The van der Waals surface area contributed by atoms with Gasteiger partial charge < -0.3 is 11.5 Å². The van der Waals surface area contributed by atoms with Crippen LogP contribution in [0.25, 0.3) is 0 Å². The largest absolute Gasteiger partial charge is 0.398 e. The number of hydrogen-bond donors (Lipinski definition) is 2. The molecule has 0 unspecified atom stereocenters. The Morgan fingerprint density at radius 3 is 2.42 bits per heavy atom. The van der Waals surface area contributed by atoms with E-state index in [-0.39, 0.29) is 0 Å². The third-order valence-electron chi connectivity index (χ3n) is 2.42. The number of amides is 1. The van der Waals surface area contributed by atoms with Crippen molar-refractivity contribution < 1.29 is 13.6 Å². The number of carbonyl (C=O) groups is 1. The highest BCUT2D eigenvalue weighted by molar-refractivity contribution is 7.99. The van der Waals surface area contributed by atoms with Crippen molar-refractivity contribution in [3.05, 3.63) is 53.6 Å². The molecule has 4 N–H and O–H groups in total. The number of rotatable bonds is 3. The highest BCUT2D eigenvalue weighted by atomic mass is 32.2. The SMILES string of the molecule is NC(=O)c1ccc(N)c(Sc2ccc(F)c(F)c2)c1. The number of primary amides is 1. The molecule has 0 aromatic heterocycles. The van der Waals surface area contributed by atoms with E-state index in [4.69, 9.17) is 11.5 Å². The van der Waals surface area contributed by atoms with Crippen LogP contribution in [0.3, 0.4) is 0 Å². The van der Waals surface area contributed by atoms with Gasteiger partial charge in [0.05, 0.1) is 0 Å². The van der Waals surface area contributed by atoms with Crippen molar-refractivity contribution in [2.75, 3.05) is 5.73 Å². The Bertz CT molecular complexity index is 647. The van der Waals surface area contributed by atoms with Gasteiger partial charge in [0.1, 0.15) is 0 Å². The fourth-order valence-electron chi connectivity index (χ4n) is 1.44. The summed E-state index contributed by atoms with van der Waals surface area (Å²) in [5, 5.41) is 0. The summed E-state index contributed by atoms with van der Waals surface area (Å²) in [4.78, 5) is 12.1. The third kappa shape index (κ3) is 3.03. The first-order chi connectivity index (χ1) is 8.97. The van der Waals surface area contributed by atoms with Gasteiger partial charge in [-0.2, -0.15) is 0 Å². The Labute approximate surface area is 112 Å². The number of nitrogen functional groups attached to an aromatic ring is 1. The van der Waals surface area contributed by atoms with Gasteiger partial charge in [0.2, 0.25) is 5.91 Å². The normalized spacial score (nSPS) is 10.4. The van der Waals surface area contributed by atoms with E-state index in [2.05, 4.69) is 0 Å². The molecule has 6 heteroatoms. The van der Waals surface area contributed by atoms with Gasteiger partial charge in [-0.1, -0.05) is 11.8 Å². The van der Waals surface area contributed by atoms with Crippen LogP contribution in [0, 0.1) is 11.6 Å². The van der Waals surface area contributed by atoms with E-state index < -0.39 is 17.5 Å². The molecule has 2 aromatic rings. The van der Waals surface area contributed by atoms with E-state index in [1.165, 1.54) is 18.2 Å². The smallest absolute Gasteiger partial charge is 0.248 e. The number of benzene rings is 2. The van der Waals surface area contributed by atoms with Gasteiger partial charge in [0, 0.05) is 21.0 Å². The number of halogens is 2. The molecule has 2 aromatic carbocycles. The van der Waals surface area contributed by atoms with Gasteiger partial charge in [0.25, 0.3) is 0 Å². The summed E-state index contributed by atoms with van der Waals surface area (Å²) >= 11 is 1.13. The summed E-state index contributed by atoms with van der Waals surface area (Å²) in [6, 6.07) is 8.10. The summed E-state index contributed by atoms with van der Waals surface area (Å²) in [5.74, 6) is -2.43. The predicted octanol–water partition coefficient (Wildman–Crippen LogP) is 2.80. The lowest BCUT2D eigenvalue weighted by atomic mass is 10.2. The van der Waals surface area contributed by atoms with Crippen molar-refractivity contribution in [1.29, 1.82) is 0 Å². The zero-order valence-electron chi connectivity index (χ0n) is 9.69. The molecule has 0 spiro atoms. The summed E-state index contributed by atoms with van der Waals surface area (Å²) in [5.41, 5.74) is 11.7. The second kappa shape index (κ2) is 5.27. The van der Waals surface area contributed by atoms with Gasteiger partial charge in [-0.15, -0.1) is 0 Å². The molecule has 0 fully saturated rings. The molecule has 1 amide bonds. The monoisotopic (exact) mass is 280 g/mol. The Hall–Kier alpha value is -2.08. The van der Waals surface area contributed by atoms with E-state index in [0.29, 0.717) is 21.0 Å². The van der Waals surface area contributed by atoms with Crippen molar-refractivity contribution in [3.8, 4) is 0 Å². The van der Waals surface area contributed by atoms with E-state index in [9.17, 15) is 13.6 Å². The van der Waals surface area contributed by atoms with Crippen molar-refractivity contribution >= 4 is 23.4 Å². The van der Waals surface area contributed by atoms with Crippen molar-refractivity contribution in [1.82, 2.24) is 0 Å². The van der Waals surface area contributed by atoms with Gasteiger partial charge >= 0.3 is 0 Å². The summed E-state index contributed by atoms with van der Waals surface area (Å²) < 4.78 is 25.9.